The number of ether oxygens (including phenoxy) is 1. The van der Waals surface area contributed by atoms with Crippen molar-refractivity contribution in [2.24, 2.45) is 0 Å². The normalized spacial score (nSPS) is 13.7. The predicted octanol–water partition coefficient (Wildman–Crippen LogP) is 2.53. The summed E-state index contributed by atoms with van der Waals surface area (Å²) in [5, 5.41) is 0. The summed E-state index contributed by atoms with van der Waals surface area (Å²) in [4.78, 5) is 22.2. The Balaban J connectivity index is 2.04. The number of rotatable bonds is 2. The molecule has 0 atom stereocenters. The highest BCUT2D eigenvalue weighted by Gasteiger charge is 2.28. The van der Waals surface area contributed by atoms with Gasteiger partial charge in [-0.25, -0.2) is 9.37 Å². The first-order chi connectivity index (χ1) is 10.6. The van der Waals surface area contributed by atoms with Crippen LogP contribution in [0.4, 0.5) is 10.1 Å². The van der Waals surface area contributed by atoms with E-state index in [1.54, 1.807) is 6.07 Å². The molecule has 0 radical (unpaired) electrons. The second-order valence-electron chi connectivity index (χ2n) is 5.20. The Morgan fingerprint density at radius 2 is 2.18 bits per heavy atom. The average Bonchev–Trinajstić information content (AvgIpc) is 2.57. The highest BCUT2D eigenvalue weighted by Crippen LogP contribution is 2.33. The molecule has 3 rings (SSSR count). The molecule has 0 saturated heterocycles. The fraction of sp³-hybridized carbons (Fsp3) is 0.312. The minimum absolute atomic E-state index is 0.146. The second kappa shape index (κ2) is 5.71. The van der Waals surface area contributed by atoms with Crippen molar-refractivity contribution in [3.05, 3.63) is 47.2 Å². The number of carbonyl (C=O) groups excluding carboxylic acids is 1. The van der Waals surface area contributed by atoms with Crippen molar-refractivity contribution in [1.29, 1.82) is 0 Å². The molecule has 0 unspecified atom stereocenters. The maximum absolute atomic E-state index is 14.3. The van der Waals surface area contributed by atoms with Crippen molar-refractivity contribution in [3.8, 4) is 5.88 Å². The fourth-order valence-corrected chi connectivity index (χ4v) is 2.73. The van der Waals surface area contributed by atoms with Crippen LogP contribution in [0.15, 0.2) is 24.5 Å². The van der Waals surface area contributed by atoms with Crippen LogP contribution in [0.1, 0.15) is 28.0 Å². The minimum atomic E-state index is -0.385. The molecule has 114 valence electrons. The van der Waals surface area contributed by atoms with E-state index in [4.69, 9.17) is 4.74 Å². The molecule has 0 fully saturated rings. The van der Waals surface area contributed by atoms with Crippen LogP contribution in [0.25, 0.3) is 0 Å². The number of carbonyl (C=O) groups is 1. The van der Waals surface area contributed by atoms with Crippen molar-refractivity contribution >= 4 is 11.6 Å². The number of amides is 1. The standard InChI is InChI=1S/C16H16FN3O2/c1-10-5-6-12(17)15-11(10)4-3-7-20(15)16(21)13-8-18-9-14(19-13)22-2/h5-6,8-9H,3-4,7H2,1-2H3. The zero-order valence-corrected chi connectivity index (χ0v) is 12.5. The second-order valence-corrected chi connectivity index (χ2v) is 5.20. The summed E-state index contributed by atoms with van der Waals surface area (Å²) in [6, 6.07) is 3.14. The molecule has 1 aromatic carbocycles. The number of nitrogens with zero attached hydrogens (tertiary/aromatic N) is 3. The smallest absolute Gasteiger partial charge is 0.278 e. The van der Waals surface area contributed by atoms with E-state index in [9.17, 15) is 9.18 Å². The molecule has 6 heteroatoms. The zero-order chi connectivity index (χ0) is 15.7. The van der Waals surface area contributed by atoms with Crippen molar-refractivity contribution in [2.75, 3.05) is 18.6 Å². The zero-order valence-electron chi connectivity index (χ0n) is 12.5. The first-order valence-corrected chi connectivity index (χ1v) is 7.07. The number of hydrogen-bond donors (Lipinski definition) is 0. The molecule has 1 aliphatic heterocycles. The number of methoxy groups -OCH3 is 1. The Morgan fingerprint density at radius 3 is 2.95 bits per heavy atom. The van der Waals surface area contributed by atoms with Crippen LogP contribution >= 0.6 is 0 Å². The van der Waals surface area contributed by atoms with Crippen LogP contribution in [0.5, 0.6) is 5.88 Å². The van der Waals surface area contributed by atoms with Gasteiger partial charge in [-0.15, -0.1) is 0 Å². The largest absolute Gasteiger partial charge is 0.480 e. The molecule has 0 spiro atoms. The lowest BCUT2D eigenvalue weighted by Crippen LogP contribution is -2.37. The molecule has 2 aromatic rings. The maximum Gasteiger partial charge on any atom is 0.278 e. The summed E-state index contributed by atoms with van der Waals surface area (Å²) in [5.41, 5.74) is 2.38. The number of aromatic nitrogens is 2. The minimum Gasteiger partial charge on any atom is -0.480 e. The summed E-state index contributed by atoms with van der Waals surface area (Å²) in [5.74, 6) is -0.492. The average molecular weight is 301 g/mol. The summed E-state index contributed by atoms with van der Waals surface area (Å²) in [6.45, 7) is 2.39. The Morgan fingerprint density at radius 1 is 1.36 bits per heavy atom. The Bertz CT molecular complexity index is 733. The van der Waals surface area contributed by atoms with Crippen molar-refractivity contribution in [3.63, 3.8) is 0 Å². The van der Waals surface area contributed by atoms with E-state index >= 15 is 0 Å². The maximum atomic E-state index is 14.3. The van der Waals surface area contributed by atoms with Gasteiger partial charge in [-0.1, -0.05) is 6.07 Å². The third-order valence-corrected chi connectivity index (χ3v) is 3.83. The third kappa shape index (κ3) is 2.41. The van der Waals surface area contributed by atoms with Crippen LogP contribution in [0, 0.1) is 12.7 Å². The molecule has 0 N–H and O–H groups in total. The van der Waals surface area contributed by atoms with Gasteiger partial charge in [-0.05, 0) is 37.0 Å². The van der Waals surface area contributed by atoms with Crippen LogP contribution < -0.4 is 9.64 Å². The Labute approximate surface area is 127 Å². The number of halogens is 1. The van der Waals surface area contributed by atoms with E-state index in [1.165, 1.54) is 30.5 Å². The van der Waals surface area contributed by atoms with E-state index in [0.717, 1.165) is 24.0 Å². The summed E-state index contributed by atoms with van der Waals surface area (Å²) in [6.07, 6.45) is 4.35. The predicted molar refractivity (Wildman–Crippen MR) is 79.7 cm³/mol. The van der Waals surface area contributed by atoms with E-state index in [2.05, 4.69) is 9.97 Å². The summed E-state index contributed by atoms with van der Waals surface area (Å²) < 4.78 is 19.3. The highest BCUT2D eigenvalue weighted by molar-refractivity contribution is 6.05. The molecule has 22 heavy (non-hydrogen) atoms. The van der Waals surface area contributed by atoms with E-state index in [1.807, 2.05) is 6.92 Å². The Kier molecular flexibility index (Phi) is 3.75. The van der Waals surface area contributed by atoms with Crippen LogP contribution in [0.2, 0.25) is 0 Å². The summed E-state index contributed by atoms with van der Waals surface area (Å²) in [7, 11) is 1.46. The van der Waals surface area contributed by atoms with Crippen LogP contribution in [-0.2, 0) is 6.42 Å². The topological polar surface area (TPSA) is 55.3 Å². The number of aryl methyl sites for hydroxylation is 1. The number of anilines is 1. The molecule has 0 aliphatic carbocycles. The van der Waals surface area contributed by atoms with Gasteiger partial charge >= 0.3 is 0 Å². The number of hydrogen-bond acceptors (Lipinski definition) is 4. The number of fused-ring (bicyclic) bond motifs is 1. The van der Waals surface area contributed by atoms with Gasteiger partial charge < -0.3 is 9.64 Å². The van der Waals surface area contributed by atoms with Gasteiger partial charge in [0.1, 0.15) is 5.82 Å². The molecule has 1 aliphatic rings. The first kappa shape index (κ1) is 14.4. The highest BCUT2D eigenvalue weighted by atomic mass is 19.1. The van der Waals surface area contributed by atoms with Crippen molar-refractivity contribution < 1.29 is 13.9 Å². The van der Waals surface area contributed by atoms with Gasteiger partial charge in [-0.2, -0.15) is 0 Å². The molecule has 2 heterocycles. The summed E-state index contributed by atoms with van der Waals surface area (Å²) >= 11 is 0. The first-order valence-electron chi connectivity index (χ1n) is 7.07. The fourth-order valence-electron chi connectivity index (χ4n) is 2.73. The van der Waals surface area contributed by atoms with Gasteiger partial charge in [0.25, 0.3) is 5.91 Å². The molecule has 0 bridgehead atoms. The van der Waals surface area contributed by atoms with Gasteiger partial charge in [-0.3, -0.25) is 9.78 Å². The van der Waals surface area contributed by atoms with Crippen molar-refractivity contribution in [1.82, 2.24) is 9.97 Å². The van der Waals surface area contributed by atoms with Gasteiger partial charge in [0.15, 0.2) is 5.69 Å². The van der Waals surface area contributed by atoms with Gasteiger partial charge in [0.05, 0.1) is 25.2 Å². The molecule has 5 nitrogen and oxygen atoms in total. The molecule has 1 amide bonds. The molecule has 0 saturated carbocycles. The van der Waals surface area contributed by atoms with Crippen molar-refractivity contribution in [2.45, 2.75) is 19.8 Å². The van der Waals surface area contributed by atoms with E-state index in [-0.39, 0.29) is 23.3 Å². The number of benzene rings is 1. The van der Waals surface area contributed by atoms with E-state index in [0.29, 0.717) is 12.2 Å². The monoisotopic (exact) mass is 301 g/mol. The SMILES string of the molecule is COc1cncc(C(=O)N2CCCc3c(C)ccc(F)c32)n1. The lowest BCUT2D eigenvalue weighted by Gasteiger charge is -2.30. The molecular formula is C16H16FN3O2. The van der Waals surface area contributed by atoms with Crippen LogP contribution in [0.3, 0.4) is 0 Å². The lowest BCUT2D eigenvalue weighted by molar-refractivity contribution is 0.0978. The Hall–Kier alpha value is -2.50. The third-order valence-electron chi connectivity index (χ3n) is 3.83. The molecular weight excluding hydrogens is 285 g/mol. The quantitative estimate of drug-likeness (QED) is 0.855. The molecule has 1 aromatic heterocycles. The van der Waals surface area contributed by atoms with Crippen LogP contribution in [-0.4, -0.2) is 29.5 Å². The van der Waals surface area contributed by atoms with Gasteiger partial charge in [0, 0.05) is 6.54 Å². The van der Waals surface area contributed by atoms with E-state index < -0.39 is 0 Å². The lowest BCUT2D eigenvalue weighted by atomic mass is 9.96. The van der Waals surface area contributed by atoms with Gasteiger partial charge in [0.2, 0.25) is 5.88 Å².